The maximum absolute atomic E-state index is 3.70. The summed E-state index contributed by atoms with van der Waals surface area (Å²) in [6.45, 7) is 11.6. The van der Waals surface area contributed by atoms with E-state index in [4.69, 9.17) is 0 Å². The molecule has 0 unspecified atom stereocenters. The second-order valence-electron chi connectivity index (χ2n) is 2.59. The molecule has 0 aromatic carbocycles. The Morgan fingerprint density at radius 3 is 1.70 bits per heavy atom. The smallest absolute Gasteiger partial charge is 0.0136 e. The average molecular weight is 136 g/mol. The highest BCUT2D eigenvalue weighted by Gasteiger charge is 1.92. The molecule has 0 amide bonds. The van der Waals surface area contributed by atoms with E-state index in [-0.39, 0.29) is 0 Å². The molecule has 0 saturated heterocycles. The van der Waals surface area contributed by atoms with Gasteiger partial charge in [-0.2, -0.15) is 0 Å². The highest BCUT2D eigenvalue weighted by atomic mass is 14.0. The minimum Gasteiger partial charge on any atom is -0.103 e. The van der Waals surface area contributed by atoms with E-state index in [1.165, 1.54) is 11.1 Å². The third-order valence-electron chi connectivity index (χ3n) is 1.49. The van der Waals surface area contributed by atoms with Crippen LogP contribution in [0.3, 0.4) is 0 Å². The van der Waals surface area contributed by atoms with Gasteiger partial charge in [-0.1, -0.05) is 23.3 Å². The lowest BCUT2D eigenvalue weighted by Crippen LogP contribution is -1.82. The van der Waals surface area contributed by atoms with Crippen molar-refractivity contribution in [2.24, 2.45) is 0 Å². The highest BCUT2D eigenvalue weighted by Crippen LogP contribution is 2.12. The van der Waals surface area contributed by atoms with Crippen LogP contribution >= 0.6 is 0 Å². The molecule has 0 radical (unpaired) electrons. The Hall–Kier alpha value is -0.780. The van der Waals surface area contributed by atoms with Gasteiger partial charge in [0.15, 0.2) is 0 Å². The van der Waals surface area contributed by atoms with Gasteiger partial charge < -0.3 is 0 Å². The third-order valence-corrected chi connectivity index (χ3v) is 1.49. The van der Waals surface area contributed by atoms with E-state index >= 15 is 0 Å². The van der Waals surface area contributed by atoms with E-state index in [0.717, 1.165) is 12.8 Å². The van der Waals surface area contributed by atoms with Gasteiger partial charge in [0.05, 0.1) is 0 Å². The molecular formula is C10H16. The average Bonchev–Trinajstić information content (AvgIpc) is 1.87. The lowest BCUT2D eigenvalue weighted by Gasteiger charge is -2.02. The van der Waals surface area contributed by atoms with Crippen LogP contribution < -0.4 is 0 Å². The van der Waals surface area contributed by atoms with Crippen molar-refractivity contribution in [1.29, 1.82) is 0 Å². The molecule has 0 saturated carbocycles. The molecule has 0 aliphatic carbocycles. The van der Waals surface area contributed by atoms with Gasteiger partial charge in [0.2, 0.25) is 0 Å². The first-order valence-corrected chi connectivity index (χ1v) is 3.59. The van der Waals surface area contributed by atoms with E-state index in [1.54, 1.807) is 0 Å². The molecule has 0 bridgehead atoms. The summed E-state index contributed by atoms with van der Waals surface area (Å²) < 4.78 is 0. The normalized spacial score (nSPS) is 8.60. The van der Waals surface area contributed by atoms with E-state index in [2.05, 4.69) is 27.0 Å². The Balaban J connectivity index is 4.10. The fraction of sp³-hybridized carbons (Fsp3) is 0.400. The SMILES string of the molecule is C=CCC(CC=C)=C(C)C. The van der Waals surface area contributed by atoms with Crippen molar-refractivity contribution in [3.05, 3.63) is 36.5 Å². The summed E-state index contributed by atoms with van der Waals surface area (Å²) in [5.41, 5.74) is 2.82. The predicted molar refractivity (Wildman–Crippen MR) is 48.0 cm³/mol. The Morgan fingerprint density at radius 1 is 1.10 bits per heavy atom. The van der Waals surface area contributed by atoms with Crippen molar-refractivity contribution in [3.8, 4) is 0 Å². The monoisotopic (exact) mass is 136 g/mol. The molecule has 10 heavy (non-hydrogen) atoms. The summed E-state index contributed by atoms with van der Waals surface area (Å²) in [6.07, 6.45) is 5.86. The number of hydrogen-bond acceptors (Lipinski definition) is 0. The molecule has 0 atom stereocenters. The van der Waals surface area contributed by atoms with Crippen LogP contribution in [0.15, 0.2) is 36.5 Å². The van der Waals surface area contributed by atoms with E-state index in [0.29, 0.717) is 0 Å². The third kappa shape index (κ3) is 3.29. The molecule has 0 aromatic heterocycles. The zero-order valence-corrected chi connectivity index (χ0v) is 6.98. The van der Waals surface area contributed by atoms with Gasteiger partial charge in [0.1, 0.15) is 0 Å². The molecule has 0 heteroatoms. The molecule has 0 nitrogen and oxygen atoms in total. The quantitative estimate of drug-likeness (QED) is 0.519. The van der Waals surface area contributed by atoms with Crippen molar-refractivity contribution in [1.82, 2.24) is 0 Å². The van der Waals surface area contributed by atoms with E-state index in [1.807, 2.05) is 12.2 Å². The summed E-state index contributed by atoms with van der Waals surface area (Å²) in [6, 6.07) is 0. The Bertz CT molecular complexity index is 133. The van der Waals surface area contributed by atoms with Crippen molar-refractivity contribution in [2.45, 2.75) is 26.7 Å². The highest BCUT2D eigenvalue weighted by molar-refractivity contribution is 5.15. The number of hydrogen-bond donors (Lipinski definition) is 0. The van der Waals surface area contributed by atoms with Crippen LogP contribution in [0.25, 0.3) is 0 Å². The fourth-order valence-corrected chi connectivity index (χ4v) is 0.840. The van der Waals surface area contributed by atoms with Crippen molar-refractivity contribution in [2.75, 3.05) is 0 Å². The first-order chi connectivity index (χ1) is 4.72. The summed E-state index contributed by atoms with van der Waals surface area (Å²) >= 11 is 0. The van der Waals surface area contributed by atoms with Crippen molar-refractivity contribution < 1.29 is 0 Å². The maximum atomic E-state index is 3.70. The molecule has 0 aromatic rings. The van der Waals surface area contributed by atoms with Gasteiger partial charge in [-0.15, -0.1) is 13.2 Å². The van der Waals surface area contributed by atoms with Crippen LogP contribution in [-0.2, 0) is 0 Å². The van der Waals surface area contributed by atoms with Gasteiger partial charge in [-0.3, -0.25) is 0 Å². The number of rotatable bonds is 4. The molecule has 0 rings (SSSR count). The first kappa shape index (κ1) is 9.22. The minimum absolute atomic E-state index is 0.994. The Kier molecular flexibility index (Phi) is 4.65. The van der Waals surface area contributed by atoms with Gasteiger partial charge in [-0.25, -0.2) is 0 Å². The lowest BCUT2D eigenvalue weighted by atomic mass is 10.0. The van der Waals surface area contributed by atoms with Crippen LogP contribution in [0.4, 0.5) is 0 Å². The van der Waals surface area contributed by atoms with Crippen molar-refractivity contribution >= 4 is 0 Å². The standard InChI is InChI=1S/C10H16/c1-5-7-10(8-6-2)9(3)4/h5-6H,1-2,7-8H2,3-4H3. The van der Waals surface area contributed by atoms with E-state index < -0.39 is 0 Å². The van der Waals surface area contributed by atoms with Gasteiger partial charge in [-0.05, 0) is 26.7 Å². The molecule has 0 N–H and O–H groups in total. The molecule has 56 valence electrons. The number of allylic oxidation sites excluding steroid dienone is 4. The first-order valence-electron chi connectivity index (χ1n) is 3.59. The second kappa shape index (κ2) is 5.04. The largest absolute Gasteiger partial charge is 0.103 e. The molecule has 0 heterocycles. The van der Waals surface area contributed by atoms with Crippen LogP contribution in [-0.4, -0.2) is 0 Å². The predicted octanol–water partition coefficient (Wildman–Crippen LogP) is 3.48. The summed E-state index contributed by atoms with van der Waals surface area (Å²) in [7, 11) is 0. The van der Waals surface area contributed by atoms with Crippen molar-refractivity contribution in [3.63, 3.8) is 0 Å². The van der Waals surface area contributed by atoms with Crippen LogP contribution in [0, 0.1) is 0 Å². The zero-order valence-electron chi connectivity index (χ0n) is 6.98. The molecule has 0 aliphatic rings. The summed E-state index contributed by atoms with van der Waals surface area (Å²) in [5.74, 6) is 0. The topological polar surface area (TPSA) is 0 Å². The maximum Gasteiger partial charge on any atom is -0.0136 e. The molecule has 0 aliphatic heterocycles. The summed E-state index contributed by atoms with van der Waals surface area (Å²) in [5, 5.41) is 0. The van der Waals surface area contributed by atoms with Crippen LogP contribution in [0.1, 0.15) is 26.7 Å². The lowest BCUT2D eigenvalue weighted by molar-refractivity contribution is 1.06. The zero-order chi connectivity index (χ0) is 7.98. The van der Waals surface area contributed by atoms with E-state index in [9.17, 15) is 0 Å². The van der Waals surface area contributed by atoms with Crippen LogP contribution in [0.5, 0.6) is 0 Å². The molecule has 0 fully saturated rings. The Labute approximate surface area is 64.0 Å². The van der Waals surface area contributed by atoms with Crippen LogP contribution in [0.2, 0.25) is 0 Å². The van der Waals surface area contributed by atoms with Gasteiger partial charge in [0.25, 0.3) is 0 Å². The van der Waals surface area contributed by atoms with Gasteiger partial charge in [0, 0.05) is 0 Å². The van der Waals surface area contributed by atoms with Gasteiger partial charge >= 0.3 is 0 Å². The second-order valence-corrected chi connectivity index (χ2v) is 2.59. The fourth-order valence-electron chi connectivity index (χ4n) is 0.840. The molecular weight excluding hydrogens is 120 g/mol. The molecule has 0 spiro atoms. The Morgan fingerprint density at radius 2 is 1.50 bits per heavy atom. The minimum atomic E-state index is 0.994. The summed E-state index contributed by atoms with van der Waals surface area (Å²) in [4.78, 5) is 0.